The van der Waals surface area contributed by atoms with Crippen molar-refractivity contribution in [3.05, 3.63) is 23.8 Å². The number of likely N-dealkylation sites (N-methyl/N-ethyl adjacent to an activating group) is 1. The second kappa shape index (κ2) is 4.61. The predicted molar refractivity (Wildman–Crippen MR) is 72.3 cm³/mol. The zero-order valence-corrected chi connectivity index (χ0v) is 11.4. The van der Waals surface area contributed by atoms with Crippen LogP contribution < -0.4 is 15.0 Å². The van der Waals surface area contributed by atoms with Crippen molar-refractivity contribution in [3.8, 4) is 5.75 Å². The number of benzene rings is 1. The normalized spacial score (nSPS) is 22.2. The number of fused-ring (bicyclic) bond motifs is 1. The summed E-state index contributed by atoms with van der Waals surface area (Å²) in [4.78, 5) is 14.2. The third-order valence-electron chi connectivity index (χ3n) is 3.81. The summed E-state index contributed by atoms with van der Waals surface area (Å²) >= 11 is 0. The molecule has 1 N–H and O–H groups in total. The Morgan fingerprint density at radius 3 is 2.78 bits per heavy atom. The van der Waals surface area contributed by atoms with Crippen LogP contribution in [0.15, 0.2) is 18.2 Å². The molecular weight excluding hydrogens is 228 g/mol. The molecule has 1 unspecified atom stereocenters. The number of hydrogen-bond donors (Lipinski definition) is 1. The number of rotatable bonds is 4. The van der Waals surface area contributed by atoms with Gasteiger partial charge in [-0.1, -0.05) is 0 Å². The largest absolute Gasteiger partial charge is 0.497 e. The quantitative estimate of drug-likeness (QED) is 0.878. The van der Waals surface area contributed by atoms with E-state index in [-0.39, 0.29) is 5.91 Å². The Balaban J connectivity index is 2.48. The first-order valence-electron chi connectivity index (χ1n) is 6.16. The number of anilines is 1. The molecule has 1 amide bonds. The van der Waals surface area contributed by atoms with Crippen LogP contribution in [0.1, 0.15) is 18.9 Å². The van der Waals surface area contributed by atoms with Crippen molar-refractivity contribution >= 4 is 11.6 Å². The molecule has 18 heavy (non-hydrogen) atoms. The van der Waals surface area contributed by atoms with E-state index >= 15 is 0 Å². The molecule has 4 nitrogen and oxygen atoms in total. The van der Waals surface area contributed by atoms with Crippen molar-refractivity contribution in [1.82, 2.24) is 5.32 Å². The maximum absolute atomic E-state index is 12.4. The molecule has 0 bridgehead atoms. The van der Waals surface area contributed by atoms with Gasteiger partial charge < -0.3 is 15.0 Å². The van der Waals surface area contributed by atoms with Crippen LogP contribution in [-0.4, -0.2) is 33.7 Å². The Morgan fingerprint density at radius 1 is 1.44 bits per heavy atom. The fraction of sp³-hybridized carbons (Fsp3) is 0.500. The third kappa shape index (κ3) is 1.77. The average Bonchev–Trinajstić information content (AvgIpc) is 2.59. The maximum Gasteiger partial charge on any atom is 0.237 e. The average molecular weight is 248 g/mol. The van der Waals surface area contributed by atoms with Gasteiger partial charge in [0.25, 0.3) is 0 Å². The van der Waals surface area contributed by atoms with E-state index in [0.29, 0.717) is 0 Å². The van der Waals surface area contributed by atoms with Gasteiger partial charge in [-0.15, -0.1) is 0 Å². The van der Waals surface area contributed by atoms with E-state index in [1.54, 1.807) is 12.0 Å². The van der Waals surface area contributed by atoms with Gasteiger partial charge in [-0.3, -0.25) is 4.79 Å². The van der Waals surface area contributed by atoms with E-state index in [1.165, 1.54) is 0 Å². The first-order valence-corrected chi connectivity index (χ1v) is 6.16. The molecule has 0 saturated heterocycles. The monoisotopic (exact) mass is 248 g/mol. The third-order valence-corrected chi connectivity index (χ3v) is 3.81. The van der Waals surface area contributed by atoms with Crippen molar-refractivity contribution in [3.63, 3.8) is 0 Å². The minimum absolute atomic E-state index is 0.154. The van der Waals surface area contributed by atoms with Crippen LogP contribution in [0.4, 0.5) is 5.69 Å². The molecule has 1 heterocycles. The van der Waals surface area contributed by atoms with Gasteiger partial charge in [0, 0.05) is 12.7 Å². The van der Waals surface area contributed by atoms with Gasteiger partial charge in [0.05, 0.1) is 12.5 Å². The molecule has 98 valence electrons. The number of ether oxygens (including phenoxy) is 1. The Bertz CT molecular complexity index is 473. The highest BCUT2D eigenvalue weighted by molar-refractivity contribution is 6.07. The summed E-state index contributed by atoms with van der Waals surface area (Å²) in [6, 6.07) is 5.83. The molecular formula is C14H20N2O2. The molecule has 0 aromatic heterocycles. The van der Waals surface area contributed by atoms with Gasteiger partial charge in [-0.25, -0.2) is 0 Å². The van der Waals surface area contributed by atoms with E-state index in [4.69, 9.17) is 4.74 Å². The van der Waals surface area contributed by atoms with Gasteiger partial charge in [0.2, 0.25) is 5.91 Å². The Kier molecular flexibility index (Phi) is 3.30. The number of carbonyl (C=O) groups is 1. The lowest BCUT2D eigenvalue weighted by Crippen LogP contribution is -2.38. The van der Waals surface area contributed by atoms with Gasteiger partial charge >= 0.3 is 0 Å². The molecule has 1 aliphatic heterocycles. The highest BCUT2D eigenvalue weighted by atomic mass is 16.5. The summed E-state index contributed by atoms with van der Waals surface area (Å²) < 4.78 is 5.26. The molecule has 1 aliphatic rings. The lowest BCUT2D eigenvalue weighted by molar-refractivity contribution is -0.122. The molecule has 0 aliphatic carbocycles. The van der Waals surface area contributed by atoms with E-state index in [1.807, 2.05) is 39.2 Å². The van der Waals surface area contributed by atoms with Gasteiger partial charge in [-0.2, -0.15) is 0 Å². The van der Waals surface area contributed by atoms with Crippen molar-refractivity contribution < 1.29 is 9.53 Å². The second-order valence-corrected chi connectivity index (χ2v) is 4.93. The highest BCUT2D eigenvalue weighted by Gasteiger charge is 2.45. The number of nitrogens with zero attached hydrogens (tertiary/aromatic N) is 1. The van der Waals surface area contributed by atoms with Crippen LogP contribution in [0, 0.1) is 0 Å². The number of methoxy groups -OCH3 is 1. The molecule has 0 fully saturated rings. The van der Waals surface area contributed by atoms with E-state index in [9.17, 15) is 4.79 Å². The SMILES string of the molecule is CNCCC1(C)C(=O)N(C)c2ccc(OC)cc21. The number of amides is 1. The Hall–Kier alpha value is -1.55. The highest BCUT2D eigenvalue weighted by Crippen LogP contribution is 2.44. The maximum atomic E-state index is 12.4. The molecule has 2 rings (SSSR count). The van der Waals surface area contributed by atoms with Crippen LogP contribution in [0.2, 0.25) is 0 Å². The van der Waals surface area contributed by atoms with E-state index < -0.39 is 5.41 Å². The molecule has 1 aromatic rings. The summed E-state index contributed by atoms with van der Waals surface area (Å²) in [5, 5.41) is 3.11. The molecule has 1 aromatic carbocycles. The Morgan fingerprint density at radius 2 is 2.17 bits per heavy atom. The van der Waals surface area contributed by atoms with E-state index in [2.05, 4.69) is 5.32 Å². The summed E-state index contributed by atoms with van der Waals surface area (Å²) in [7, 11) is 5.38. The first-order chi connectivity index (χ1) is 8.54. The van der Waals surface area contributed by atoms with Gasteiger partial charge in [0.1, 0.15) is 5.75 Å². The summed E-state index contributed by atoms with van der Waals surface area (Å²) in [6.45, 7) is 2.82. The number of carbonyl (C=O) groups excluding carboxylic acids is 1. The van der Waals surface area contributed by atoms with Crippen molar-refractivity contribution in [1.29, 1.82) is 0 Å². The van der Waals surface area contributed by atoms with Gasteiger partial charge in [-0.05, 0) is 50.7 Å². The smallest absolute Gasteiger partial charge is 0.237 e. The summed E-state index contributed by atoms with van der Waals surface area (Å²) in [5.74, 6) is 0.952. The molecule has 0 radical (unpaired) electrons. The lowest BCUT2D eigenvalue weighted by atomic mass is 9.80. The number of hydrogen-bond acceptors (Lipinski definition) is 3. The Labute approximate surface area is 108 Å². The second-order valence-electron chi connectivity index (χ2n) is 4.93. The standard InChI is InChI=1S/C14H20N2O2/c1-14(7-8-15-2)11-9-10(18-4)5-6-12(11)16(3)13(14)17/h5-6,9,15H,7-8H2,1-4H3. The van der Waals surface area contributed by atoms with Crippen molar-refractivity contribution in [2.45, 2.75) is 18.8 Å². The fourth-order valence-electron chi connectivity index (χ4n) is 2.59. The number of nitrogens with one attached hydrogen (secondary N) is 1. The van der Waals surface area contributed by atoms with Crippen molar-refractivity contribution in [2.24, 2.45) is 0 Å². The summed E-state index contributed by atoms with van der Waals surface area (Å²) in [5.41, 5.74) is 1.59. The molecule has 0 spiro atoms. The van der Waals surface area contributed by atoms with Gasteiger partial charge in [0.15, 0.2) is 0 Å². The van der Waals surface area contributed by atoms with Crippen LogP contribution in [0.3, 0.4) is 0 Å². The van der Waals surface area contributed by atoms with Crippen LogP contribution in [0.5, 0.6) is 5.75 Å². The fourth-order valence-corrected chi connectivity index (χ4v) is 2.59. The molecule has 1 atom stereocenters. The zero-order valence-electron chi connectivity index (χ0n) is 11.4. The first kappa shape index (κ1) is 12.9. The van der Waals surface area contributed by atoms with E-state index in [0.717, 1.165) is 30.0 Å². The summed E-state index contributed by atoms with van der Waals surface area (Å²) in [6.07, 6.45) is 0.785. The zero-order chi connectivity index (χ0) is 13.3. The van der Waals surface area contributed by atoms with Crippen LogP contribution in [-0.2, 0) is 10.2 Å². The predicted octanol–water partition coefficient (Wildman–Crippen LogP) is 1.54. The lowest BCUT2D eigenvalue weighted by Gasteiger charge is -2.23. The molecule has 4 heteroatoms. The minimum atomic E-state index is -0.457. The minimum Gasteiger partial charge on any atom is -0.497 e. The van der Waals surface area contributed by atoms with Crippen molar-refractivity contribution in [2.75, 3.05) is 32.6 Å². The molecule has 0 saturated carbocycles. The van der Waals surface area contributed by atoms with Crippen LogP contribution >= 0.6 is 0 Å². The topological polar surface area (TPSA) is 41.6 Å². The van der Waals surface area contributed by atoms with Crippen LogP contribution in [0.25, 0.3) is 0 Å².